The molecule has 1 aliphatic rings. The molecule has 0 fully saturated rings. The molecule has 0 amide bonds. The monoisotopic (exact) mass is 668 g/mol. The van der Waals surface area contributed by atoms with Gasteiger partial charge >= 0.3 is 0 Å². The van der Waals surface area contributed by atoms with Crippen LogP contribution in [0.5, 0.6) is 0 Å². The maximum absolute atomic E-state index is 4.53. The Morgan fingerprint density at radius 1 is 0.423 bits per heavy atom. The Morgan fingerprint density at radius 2 is 1.02 bits per heavy atom. The quantitative estimate of drug-likeness (QED) is 0.186. The summed E-state index contributed by atoms with van der Waals surface area (Å²) in [5, 5.41) is 4.84. The van der Waals surface area contributed by atoms with Crippen molar-refractivity contribution in [3.05, 3.63) is 158 Å². The van der Waals surface area contributed by atoms with Gasteiger partial charge in [-0.2, -0.15) is 0 Å². The van der Waals surface area contributed by atoms with E-state index in [2.05, 4.69) is 112 Å². The van der Waals surface area contributed by atoms with E-state index in [4.69, 9.17) is 0 Å². The number of aromatic nitrogens is 8. The van der Waals surface area contributed by atoms with Crippen molar-refractivity contribution >= 4 is 43.6 Å². The molecule has 0 aliphatic heterocycles. The van der Waals surface area contributed by atoms with Gasteiger partial charge in [-0.1, -0.05) is 24.3 Å². The Morgan fingerprint density at radius 3 is 1.65 bits per heavy atom. The van der Waals surface area contributed by atoms with E-state index in [0.717, 1.165) is 63.0 Å². The zero-order valence-electron chi connectivity index (χ0n) is 27.8. The first-order valence-corrected chi connectivity index (χ1v) is 17.3. The van der Waals surface area contributed by atoms with Crippen molar-refractivity contribution in [3.8, 4) is 44.8 Å². The van der Waals surface area contributed by atoms with Crippen molar-refractivity contribution in [2.75, 3.05) is 0 Å². The van der Waals surface area contributed by atoms with Gasteiger partial charge in [0.05, 0.1) is 45.8 Å². The zero-order valence-corrected chi connectivity index (χ0v) is 27.8. The molecule has 11 rings (SSSR count). The molecule has 0 radical (unpaired) electrons. The van der Waals surface area contributed by atoms with Crippen molar-refractivity contribution in [2.24, 2.45) is 0 Å². The van der Waals surface area contributed by atoms with E-state index in [1.165, 1.54) is 49.3 Å². The van der Waals surface area contributed by atoms with Crippen LogP contribution >= 0.6 is 0 Å². The standard InChI is InChI=1S/C44H28N8/c1-3-32(23-45-13-1)51-41-11-6-28(31-21-49-26-50-22-31)16-39(41)40-17-29-5-8-35-34(37(29)18-43(40)51)9-10-36-38-15-27(30-19-47-25-48-20-30)7-12-42(38)52(44(35)36)33-4-2-14-46-24-33/h1-4,6-7,9-26H,5,8H2. The third kappa shape index (κ3) is 4.27. The van der Waals surface area contributed by atoms with Crippen LogP contribution in [0.4, 0.5) is 0 Å². The third-order valence-corrected chi connectivity index (χ3v) is 10.6. The van der Waals surface area contributed by atoms with Crippen LogP contribution < -0.4 is 0 Å². The number of hydrogen-bond donors (Lipinski definition) is 0. The number of rotatable bonds is 4. The molecule has 244 valence electrons. The Hall–Kier alpha value is -7.06. The van der Waals surface area contributed by atoms with Crippen LogP contribution in [0.1, 0.15) is 11.1 Å². The molecule has 8 heteroatoms. The minimum absolute atomic E-state index is 0.926. The minimum atomic E-state index is 0.926. The molecular weight excluding hydrogens is 641 g/mol. The maximum Gasteiger partial charge on any atom is 0.115 e. The van der Waals surface area contributed by atoms with Crippen molar-refractivity contribution in [3.63, 3.8) is 0 Å². The maximum atomic E-state index is 4.53. The second-order valence-electron chi connectivity index (χ2n) is 13.3. The molecule has 8 nitrogen and oxygen atoms in total. The first-order chi connectivity index (χ1) is 25.8. The largest absolute Gasteiger partial charge is 0.308 e. The van der Waals surface area contributed by atoms with Crippen LogP contribution in [0.15, 0.2) is 147 Å². The molecule has 6 aromatic heterocycles. The molecule has 0 spiro atoms. The molecule has 52 heavy (non-hydrogen) atoms. The van der Waals surface area contributed by atoms with Crippen LogP contribution in [-0.4, -0.2) is 39.0 Å². The molecule has 0 N–H and O–H groups in total. The summed E-state index contributed by atoms with van der Waals surface area (Å²) in [6.07, 6.45) is 20.0. The van der Waals surface area contributed by atoms with Gasteiger partial charge in [0.1, 0.15) is 12.7 Å². The van der Waals surface area contributed by atoms with E-state index in [9.17, 15) is 0 Å². The molecule has 0 saturated heterocycles. The highest BCUT2D eigenvalue weighted by Crippen LogP contribution is 2.45. The van der Waals surface area contributed by atoms with Crippen molar-refractivity contribution in [1.29, 1.82) is 0 Å². The van der Waals surface area contributed by atoms with Crippen LogP contribution in [0.25, 0.3) is 88.4 Å². The number of nitrogens with zero attached hydrogens (tertiary/aromatic N) is 8. The van der Waals surface area contributed by atoms with E-state index >= 15 is 0 Å². The Kier molecular flexibility index (Phi) is 6.21. The van der Waals surface area contributed by atoms with Gasteiger partial charge in [0, 0.05) is 69.9 Å². The van der Waals surface area contributed by atoms with Gasteiger partial charge in [-0.05, 0) is 107 Å². The number of aryl methyl sites for hydroxylation is 2. The summed E-state index contributed by atoms with van der Waals surface area (Å²) in [7, 11) is 0. The lowest BCUT2D eigenvalue weighted by molar-refractivity contribution is 0.944. The predicted molar refractivity (Wildman–Crippen MR) is 206 cm³/mol. The highest BCUT2D eigenvalue weighted by atomic mass is 15.0. The summed E-state index contributed by atoms with van der Waals surface area (Å²) in [6, 6.07) is 31.1. The highest BCUT2D eigenvalue weighted by Gasteiger charge is 2.25. The summed E-state index contributed by atoms with van der Waals surface area (Å²) in [5.41, 5.74) is 16.2. The van der Waals surface area contributed by atoms with E-state index in [1.807, 2.05) is 61.7 Å². The number of benzene rings is 4. The van der Waals surface area contributed by atoms with Gasteiger partial charge in [-0.25, -0.2) is 19.9 Å². The fourth-order valence-corrected chi connectivity index (χ4v) is 8.28. The van der Waals surface area contributed by atoms with E-state index in [0.29, 0.717) is 0 Å². The van der Waals surface area contributed by atoms with Gasteiger partial charge in [0.25, 0.3) is 0 Å². The van der Waals surface area contributed by atoms with Gasteiger partial charge in [0.2, 0.25) is 0 Å². The average Bonchev–Trinajstić information content (AvgIpc) is 3.73. The first kappa shape index (κ1) is 28.7. The molecule has 10 aromatic rings. The Labute approximate surface area is 297 Å². The molecule has 0 bridgehead atoms. The molecule has 6 heterocycles. The Bertz CT molecular complexity index is 2940. The predicted octanol–water partition coefficient (Wildman–Crippen LogP) is 9.35. The van der Waals surface area contributed by atoms with Crippen molar-refractivity contribution < 1.29 is 0 Å². The van der Waals surface area contributed by atoms with Gasteiger partial charge in [0.15, 0.2) is 0 Å². The third-order valence-electron chi connectivity index (χ3n) is 10.6. The second kappa shape index (κ2) is 11.2. The molecule has 0 saturated carbocycles. The summed E-state index contributed by atoms with van der Waals surface area (Å²) in [5.74, 6) is 0. The summed E-state index contributed by atoms with van der Waals surface area (Å²) >= 11 is 0. The molecular formula is C44H28N8. The number of hydrogen-bond acceptors (Lipinski definition) is 6. The Balaban J connectivity index is 1.18. The lowest BCUT2D eigenvalue weighted by Crippen LogP contribution is -2.07. The lowest BCUT2D eigenvalue weighted by Gasteiger charge is -2.23. The normalized spacial score (nSPS) is 12.5. The summed E-state index contributed by atoms with van der Waals surface area (Å²) < 4.78 is 4.74. The fourth-order valence-electron chi connectivity index (χ4n) is 8.28. The summed E-state index contributed by atoms with van der Waals surface area (Å²) in [4.78, 5) is 26.2. The second-order valence-corrected chi connectivity index (χ2v) is 13.3. The van der Waals surface area contributed by atoms with Crippen LogP contribution in [0.2, 0.25) is 0 Å². The van der Waals surface area contributed by atoms with Crippen molar-refractivity contribution in [2.45, 2.75) is 12.8 Å². The van der Waals surface area contributed by atoms with Crippen LogP contribution in [0, 0.1) is 0 Å². The van der Waals surface area contributed by atoms with E-state index < -0.39 is 0 Å². The highest BCUT2D eigenvalue weighted by molar-refractivity contribution is 6.15. The number of fused-ring (bicyclic) bond motifs is 10. The molecule has 0 unspecified atom stereocenters. The SMILES string of the molecule is c1cncc(-n2c3ccc(-c4cncnc4)cc3c3cc4c(cc32)-c2ccc3c5cc(-c6cncnc6)ccc5n(-c5cccnc5)c3c2CC4)c1. The van der Waals surface area contributed by atoms with E-state index in [1.54, 1.807) is 12.7 Å². The van der Waals surface area contributed by atoms with Crippen LogP contribution in [0.3, 0.4) is 0 Å². The smallest absolute Gasteiger partial charge is 0.115 e. The summed E-state index contributed by atoms with van der Waals surface area (Å²) in [6.45, 7) is 0. The topological polar surface area (TPSA) is 87.2 Å². The molecule has 4 aromatic carbocycles. The fraction of sp³-hybridized carbons (Fsp3) is 0.0455. The lowest BCUT2D eigenvalue weighted by atomic mass is 9.83. The van der Waals surface area contributed by atoms with E-state index in [-0.39, 0.29) is 0 Å². The zero-order chi connectivity index (χ0) is 34.2. The van der Waals surface area contributed by atoms with Crippen molar-refractivity contribution in [1.82, 2.24) is 39.0 Å². The van der Waals surface area contributed by atoms with Gasteiger partial charge < -0.3 is 9.13 Å². The van der Waals surface area contributed by atoms with Gasteiger partial charge in [-0.3, -0.25) is 9.97 Å². The first-order valence-electron chi connectivity index (χ1n) is 17.3. The molecule has 0 atom stereocenters. The minimum Gasteiger partial charge on any atom is -0.308 e. The van der Waals surface area contributed by atoms with Gasteiger partial charge in [-0.15, -0.1) is 0 Å². The molecule has 1 aliphatic carbocycles. The average molecular weight is 669 g/mol. The van der Waals surface area contributed by atoms with Crippen LogP contribution in [-0.2, 0) is 12.8 Å². The number of pyridine rings is 2.